The van der Waals surface area contributed by atoms with Gasteiger partial charge in [-0.25, -0.2) is 0 Å². The maximum absolute atomic E-state index is 4.08. The van der Waals surface area contributed by atoms with Gasteiger partial charge in [0.15, 0.2) is 0 Å². The Morgan fingerprint density at radius 2 is 1.86 bits per heavy atom. The highest BCUT2D eigenvalue weighted by Crippen LogP contribution is 1.93. The molecule has 0 heterocycles. The standard InChI is InChI=1S/C12H12N2/c1-2-13-9-6-10-14-11-12-7-4-3-5-8-12/h2-11H,1H2/b10-6-,13-9?,14-11?. The van der Waals surface area contributed by atoms with Crippen molar-refractivity contribution in [3.8, 4) is 0 Å². The van der Waals surface area contributed by atoms with Crippen molar-refractivity contribution >= 4 is 12.4 Å². The predicted molar refractivity (Wildman–Crippen MR) is 61.9 cm³/mol. The van der Waals surface area contributed by atoms with Gasteiger partial charge >= 0.3 is 0 Å². The van der Waals surface area contributed by atoms with E-state index in [1.807, 2.05) is 30.3 Å². The van der Waals surface area contributed by atoms with Gasteiger partial charge in [-0.05, 0) is 11.6 Å². The van der Waals surface area contributed by atoms with Crippen LogP contribution in [0.2, 0.25) is 0 Å². The summed E-state index contributed by atoms with van der Waals surface area (Å²) in [6.07, 6.45) is 8.33. The molecule has 14 heavy (non-hydrogen) atoms. The van der Waals surface area contributed by atoms with Gasteiger partial charge in [0.05, 0.1) is 0 Å². The van der Waals surface area contributed by atoms with Crippen LogP contribution in [0, 0.1) is 0 Å². The first-order valence-corrected chi connectivity index (χ1v) is 4.31. The van der Waals surface area contributed by atoms with Crippen molar-refractivity contribution < 1.29 is 0 Å². The molecule has 0 aromatic heterocycles. The summed E-state index contributed by atoms with van der Waals surface area (Å²) in [7, 11) is 0. The number of benzene rings is 1. The Kier molecular flexibility index (Phi) is 4.73. The molecule has 0 aliphatic heterocycles. The van der Waals surface area contributed by atoms with Crippen molar-refractivity contribution in [2.24, 2.45) is 9.98 Å². The van der Waals surface area contributed by atoms with Gasteiger partial charge in [0.2, 0.25) is 0 Å². The lowest BCUT2D eigenvalue weighted by molar-refractivity contribution is 1.56. The van der Waals surface area contributed by atoms with Crippen molar-refractivity contribution in [1.29, 1.82) is 0 Å². The van der Waals surface area contributed by atoms with E-state index in [0.29, 0.717) is 0 Å². The van der Waals surface area contributed by atoms with Crippen LogP contribution in [0.4, 0.5) is 0 Å². The zero-order chi connectivity index (χ0) is 10.1. The molecule has 0 radical (unpaired) electrons. The smallest absolute Gasteiger partial charge is 0.0340 e. The fraction of sp³-hybridized carbons (Fsp3) is 0. The highest BCUT2D eigenvalue weighted by molar-refractivity contribution is 5.80. The summed E-state index contributed by atoms with van der Waals surface area (Å²) in [4.78, 5) is 7.88. The topological polar surface area (TPSA) is 24.7 Å². The molecule has 1 aromatic rings. The first-order valence-electron chi connectivity index (χ1n) is 4.31. The van der Waals surface area contributed by atoms with Gasteiger partial charge in [-0.2, -0.15) is 0 Å². The summed E-state index contributed by atoms with van der Waals surface area (Å²) in [5.41, 5.74) is 1.08. The molecule has 0 aliphatic rings. The summed E-state index contributed by atoms with van der Waals surface area (Å²) >= 11 is 0. The monoisotopic (exact) mass is 184 g/mol. The lowest BCUT2D eigenvalue weighted by Crippen LogP contribution is -1.76. The molecule has 0 amide bonds. The maximum Gasteiger partial charge on any atom is 0.0340 e. The first kappa shape index (κ1) is 10.1. The maximum atomic E-state index is 4.08. The Labute approximate surface area is 84.0 Å². The highest BCUT2D eigenvalue weighted by Gasteiger charge is 1.80. The molecular weight excluding hydrogens is 172 g/mol. The molecule has 1 aromatic carbocycles. The molecule has 0 unspecified atom stereocenters. The average Bonchev–Trinajstić information content (AvgIpc) is 2.25. The molecule has 2 heteroatoms. The van der Waals surface area contributed by atoms with E-state index in [9.17, 15) is 0 Å². The molecule has 0 saturated carbocycles. The van der Waals surface area contributed by atoms with Crippen LogP contribution in [0.25, 0.3) is 0 Å². The van der Waals surface area contributed by atoms with Crippen LogP contribution in [0.1, 0.15) is 5.56 Å². The van der Waals surface area contributed by atoms with E-state index >= 15 is 0 Å². The molecule has 0 aliphatic carbocycles. The van der Waals surface area contributed by atoms with Gasteiger partial charge < -0.3 is 0 Å². The van der Waals surface area contributed by atoms with E-state index in [0.717, 1.165) is 5.56 Å². The van der Waals surface area contributed by atoms with E-state index in [4.69, 9.17) is 0 Å². The molecule has 0 atom stereocenters. The van der Waals surface area contributed by atoms with Crippen molar-refractivity contribution in [1.82, 2.24) is 0 Å². The quantitative estimate of drug-likeness (QED) is 0.643. The minimum atomic E-state index is 1.08. The second kappa shape index (κ2) is 6.54. The number of hydrogen-bond donors (Lipinski definition) is 0. The minimum Gasteiger partial charge on any atom is -0.265 e. The van der Waals surface area contributed by atoms with Crippen LogP contribution >= 0.6 is 0 Å². The third-order valence-electron chi connectivity index (χ3n) is 1.47. The van der Waals surface area contributed by atoms with Crippen LogP contribution in [0.15, 0.2) is 65.4 Å². The number of rotatable bonds is 4. The highest BCUT2D eigenvalue weighted by atomic mass is 14.7. The van der Waals surface area contributed by atoms with Crippen molar-refractivity contribution in [2.75, 3.05) is 0 Å². The van der Waals surface area contributed by atoms with E-state index in [-0.39, 0.29) is 0 Å². The van der Waals surface area contributed by atoms with Gasteiger partial charge in [0.1, 0.15) is 0 Å². The number of aliphatic imine (C=N–C) groups is 2. The van der Waals surface area contributed by atoms with Crippen LogP contribution < -0.4 is 0 Å². The second-order valence-electron chi connectivity index (χ2n) is 2.51. The van der Waals surface area contributed by atoms with Crippen LogP contribution in [-0.2, 0) is 0 Å². The normalized spacial score (nSPS) is 11.7. The molecule has 1 rings (SSSR count). The average molecular weight is 184 g/mol. The summed E-state index contributed by atoms with van der Waals surface area (Å²) in [5, 5.41) is 0. The van der Waals surface area contributed by atoms with Crippen molar-refractivity contribution in [3.05, 3.63) is 61.0 Å². The molecule has 0 bridgehead atoms. The third-order valence-corrected chi connectivity index (χ3v) is 1.47. The van der Waals surface area contributed by atoms with E-state index in [1.165, 1.54) is 6.20 Å². The fourth-order valence-corrected chi connectivity index (χ4v) is 0.867. The first-order chi connectivity index (χ1) is 6.93. The van der Waals surface area contributed by atoms with Crippen LogP contribution in [0.5, 0.6) is 0 Å². The molecular formula is C12H12N2. The Balaban J connectivity index is 2.45. The summed E-state index contributed by atoms with van der Waals surface area (Å²) in [5.74, 6) is 0. The van der Waals surface area contributed by atoms with E-state index in [1.54, 1.807) is 24.7 Å². The fourth-order valence-electron chi connectivity index (χ4n) is 0.867. The largest absolute Gasteiger partial charge is 0.265 e. The Hall–Kier alpha value is -1.96. The van der Waals surface area contributed by atoms with E-state index < -0.39 is 0 Å². The second-order valence-corrected chi connectivity index (χ2v) is 2.51. The van der Waals surface area contributed by atoms with Crippen molar-refractivity contribution in [2.45, 2.75) is 0 Å². The van der Waals surface area contributed by atoms with Crippen LogP contribution in [0.3, 0.4) is 0 Å². The summed E-state index contributed by atoms with van der Waals surface area (Å²) in [6, 6.07) is 9.92. The lowest BCUT2D eigenvalue weighted by atomic mass is 10.2. The van der Waals surface area contributed by atoms with Gasteiger partial charge in [0.25, 0.3) is 0 Å². The minimum absolute atomic E-state index is 1.08. The molecule has 0 N–H and O–H groups in total. The number of allylic oxidation sites excluding steroid dienone is 1. The zero-order valence-electron chi connectivity index (χ0n) is 7.88. The molecule has 70 valence electrons. The summed E-state index contributed by atoms with van der Waals surface area (Å²) in [6.45, 7) is 3.46. The number of hydrogen-bond acceptors (Lipinski definition) is 2. The van der Waals surface area contributed by atoms with Gasteiger partial charge in [-0.15, -0.1) is 0 Å². The van der Waals surface area contributed by atoms with E-state index in [2.05, 4.69) is 16.6 Å². The van der Waals surface area contributed by atoms with Crippen LogP contribution in [-0.4, -0.2) is 12.4 Å². The Morgan fingerprint density at radius 1 is 1.07 bits per heavy atom. The van der Waals surface area contributed by atoms with Crippen molar-refractivity contribution in [3.63, 3.8) is 0 Å². The van der Waals surface area contributed by atoms with Gasteiger partial charge in [0, 0.05) is 24.8 Å². The SMILES string of the molecule is C=CN=C/C=C\N=Cc1ccccc1. The predicted octanol–water partition coefficient (Wildman–Crippen LogP) is 2.83. The number of nitrogens with zero attached hydrogens (tertiary/aromatic N) is 2. The molecule has 0 saturated heterocycles. The molecule has 2 nitrogen and oxygen atoms in total. The van der Waals surface area contributed by atoms with Gasteiger partial charge in [-0.3, -0.25) is 9.98 Å². The Bertz CT molecular complexity index is 348. The molecule has 0 spiro atoms. The third kappa shape index (κ3) is 4.16. The lowest BCUT2D eigenvalue weighted by Gasteiger charge is -1.87. The Morgan fingerprint density at radius 3 is 2.57 bits per heavy atom. The molecule has 0 fully saturated rings. The zero-order valence-corrected chi connectivity index (χ0v) is 7.88. The summed E-state index contributed by atoms with van der Waals surface area (Å²) < 4.78 is 0. The van der Waals surface area contributed by atoms with Gasteiger partial charge in [-0.1, -0.05) is 36.9 Å².